The Labute approximate surface area is 114 Å². The van der Waals surface area contributed by atoms with Gasteiger partial charge in [-0.3, -0.25) is 4.79 Å². The molecule has 0 saturated carbocycles. The van der Waals surface area contributed by atoms with Crippen molar-refractivity contribution in [3.05, 3.63) is 29.3 Å². The van der Waals surface area contributed by atoms with Crippen LogP contribution in [0.15, 0.2) is 18.2 Å². The van der Waals surface area contributed by atoms with Crippen LogP contribution in [0.25, 0.3) is 0 Å². The van der Waals surface area contributed by atoms with Crippen LogP contribution in [0.2, 0.25) is 0 Å². The number of anilines is 1. The van der Waals surface area contributed by atoms with Crippen molar-refractivity contribution in [3.63, 3.8) is 0 Å². The first kappa shape index (κ1) is 13.9. The van der Waals surface area contributed by atoms with Crippen molar-refractivity contribution >= 4 is 11.7 Å². The molecule has 2 unspecified atom stereocenters. The van der Waals surface area contributed by atoms with E-state index in [2.05, 4.69) is 49.2 Å². The Morgan fingerprint density at radius 2 is 2.05 bits per heavy atom. The van der Waals surface area contributed by atoms with Gasteiger partial charge in [0.05, 0.1) is 5.92 Å². The van der Waals surface area contributed by atoms with E-state index in [9.17, 15) is 9.90 Å². The van der Waals surface area contributed by atoms with Crippen molar-refractivity contribution in [2.45, 2.75) is 26.8 Å². The van der Waals surface area contributed by atoms with Crippen molar-refractivity contribution in [3.8, 4) is 0 Å². The summed E-state index contributed by atoms with van der Waals surface area (Å²) in [6, 6.07) is 6.64. The van der Waals surface area contributed by atoms with E-state index in [1.807, 2.05) is 0 Å². The van der Waals surface area contributed by atoms with Gasteiger partial charge in [-0.25, -0.2) is 0 Å². The van der Waals surface area contributed by atoms with Crippen molar-refractivity contribution in [2.24, 2.45) is 5.92 Å². The molecule has 1 aliphatic heterocycles. The van der Waals surface area contributed by atoms with E-state index in [0.29, 0.717) is 19.1 Å². The van der Waals surface area contributed by atoms with Gasteiger partial charge in [0, 0.05) is 31.4 Å². The maximum atomic E-state index is 11.2. The molecule has 104 valence electrons. The number of nitrogens with zero attached hydrogens (tertiary/aromatic N) is 1. The van der Waals surface area contributed by atoms with Crippen LogP contribution in [-0.2, 0) is 4.79 Å². The summed E-state index contributed by atoms with van der Waals surface area (Å²) in [5, 5.41) is 12.5. The monoisotopic (exact) mass is 262 g/mol. The molecular formula is C15H22N2O2. The lowest BCUT2D eigenvalue weighted by molar-refractivity contribution is -0.141. The minimum atomic E-state index is -0.726. The van der Waals surface area contributed by atoms with Gasteiger partial charge >= 0.3 is 5.97 Å². The summed E-state index contributed by atoms with van der Waals surface area (Å²) in [7, 11) is 0. The first-order valence-corrected chi connectivity index (χ1v) is 6.76. The first-order valence-electron chi connectivity index (χ1n) is 6.76. The first-order chi connectivity index (χ1) is 8.99. The number of benzene rings is 1. The molecule has 1 aromatic rings. The lowest BCUT2D eigenvalue weighted by Crippen LogP contribution is -2.39. The smallest absolute Gasteiger partial charge is 0.309 e. The lowest BCUT2D eigenvalue weighted by Gasteiger charge is -2.30. The largest absolute Gasteiger partial charge is 0.481 e. The second kappa shape index (κ2) is 5.61. The van der Waals surface area contributed by atoms with Crippen molar-refractivity contribution < 1.29 is 9.90 Å². The Hall–Kier alpha value is -1.55. The standard InChI is InChI=1S/C15H22N2O2/c1-10-4-5-14(6-11(10)2)17-9-13(15(18)19)8-16-7-12(17)3/h4-6,12-13,16H,7-9H2,1-3H3,(H,18,19). The number of carbonyl (C=O) groups is 1. The highest BCUT2D eigenvalue weighted by atomic mass is 16.4. The van der Waals surface area contributed by atoms with E-state index in [1.165, 1.54) is 11.1 Å². The number of hydrogen-bond acceptors (Lipinski definition) is 3. The molecule has 1 saturated heterocycles. The molecule has 1 fully saturated rings. The zero-order chi connectivity index (χ0) is 14.0. The number of hydrogen-bond donors (Lipinski definition) is 2. The van der Waals surface area contributed by atoms with Crippen LogP contribution in [0.5, 0.6) is 0 Å². The molecule has 1 heterocycles. The number of carboxylic acids is 1. The van der Waals surface area contributed by atoms with Crippen molar-refractivity contribution in [1.82, 2.24) is 5.32 Å². The van der Waals surface area contributed by atoms with Gasteiger partial charge in [0.15, 0.2) is 0 Å². The van der Waals surface area contributed by atoms with E-state index in [-0.39, 0.29) is 5.92 Å². The highest BCUT2D eigenvalue weighted by Crippen LogP contribution is 2.23. The molecule has 4 heteroatoms. The van der Waals surface area contributed by atoms with Crippen LogP contribution in [0.4, 0.5) is 5.69 Å². The third kappa shape index (κ3) is 3.07. The maximum absolute atomic E-state index is 11.2. The van der Waals surface area contributed by atoms with Crippen LogP contribution < -0.4 is 10.2 Å². The van der Waals surface area contributed by atoms with Gasteiger partial charge in [-0.05, 0) is 44.0 Å². The van der Waals surface area contributed by atoms with E-state index in [4.69, 9.17) is 0 Å². The molecule has 0 aromatic heterocycles. The maximum Gasteiger partial charge on any atom is 0.309 e. The minimum absolute atomic E-state index is 0.298. The molecule has 2 rings (SSSR count). The SMILES string of the molecule is Cc1ccc(N2CC(C(=O)O)CNCC2C)cc1C. The van der Waals surface area contributed by atoms with Crippen molar-refractivity contribution in [1.29, 1.82) is 0 Å². The van der Waals surface area contributed by atoms with Gasteiger partial charge < -0.3 is 15.3 Å². The summed E-state index contributed by atoms with van der Waals surface area (Å²) < 4.78 is 0. The summed E-state index contributed by atoms with van der Waals surface area (Å²) in [4.78, 5) is 13.4. The highest BCUT2D eigenvalue weighted by Gasteiger charge is 2.27. The number of aryl methyl sites for hydroxylation is 2. The quantitative estimate of drug-likeness (QED) is 0.853. The van der Waals surface area contributed by atoms with Crippen LogP contribution in [0.3, 0.4) is 0 Å². The molecule has 0 aliphatic carbocycles. The number of carboxylic acid groups (broad SMARTS) is 1. The Bertz CT molecular complexity index is 473. The van der Waals surface area contributed by atoms with Crippen LogP contribution in [-0.4, -0.2) is 36.8 Å². The predicted molar refractivity (Wildman–Crippen MR) is 76.7 cm³/mol. The van der Waals surface area contributed by atoms with E-state index in [0.717, 1.165) is 12.2 Å². The highest BCUT2D eigenvalue weighted by molar-refractivity contribution is 5.71. The van der Waals surface area contributed by atoms with Gasteiger partial charge in [-0.15, -0.1) is 0 Å². The van der Waals surface area contributed by atoms with E-state index >= 15 is 0 Å². The molecular weight excluding hydrogens is 240 g/mol. The zero-order valence-corrected chi connectivity index (χ0v) is 11.8. The van der Waals surface area contributed by atoms with Crippen LogP contribution in [0.1, 0.15) is 18.1 Å². The summed E-state index contributed by atoms with van der Waals surface area (Å²) in [5.74, 6) is -1.08. The Kier molecular flexibility index (Phi) is 4.10. The second-order valence-electron chi connectivity index (χ2n) is 5.46. The molecule has 1 aromatic carbocycles. The number of aliphatic carboxylic acids is 1. The van der Waals surface area contributed by atoms with E-state index in [1.54, 1.807) is 0 Å². The lowest BCUT2D eigenvalue weighted by atomic mass is 10.1. The third-order valence-electron chi connectivity index (χ3n) is 3.95. The van der Waals surface area contributed by atoms with Gasteiger partial charge in [0.1, 0.15) is 0 Å². The van der Waals surface area contributed by atoms with Crippen LogP contribution >= 0.6 is 0 Å². The molecule has 0 bridgehead atoms. The average molecular weight is 262 g/mol. The number of rotatable bonds is 2. The fourth-order valence-electron chi connectivity index (χ4n) is 2.49. The molecule has 0 radical (unpaired) electrons. The molecule has 0 spiro atoms. The van der Waals surface area contributed by atoms with Crippen LogP contribution in [0, 0.1) is 19.8 Å². The molecule has 0 amide bonds. The van der Waals surface area contributed by atoms with E-state index < -0.39 is 5.97 Å². The topological polar surface area (TPSA) is 52.6 Å². The van der Waals surface area contributed by atoms with Gasteiger partial charge in [-0.1, -0.05) is 6.07 Å². The van der Waals surface area contributed by atoms with Gasteiger partial charge in [-0.2, -0.15) is 0 Å². The summed E-state index contributed by atoms with van der Waals surface area (Å²) in [5.41, 5.74) is 3.62. The molecule has 2 atom stereocenters. The average Bonchev–Trinajstić information content (AvgIpc) is 2.55. The van der Waals surface area contributed by atoms with Gasteiger partial charge in [0.2, 0.25) is 0 Å². The normalized spacial score (nSPS) is 24.1. The molecule has 2 N–H and O–H groups in total. The number of nitrogens with one attached hydrogen (secondary N) is 1. The summed E-state index contributed by atoms with van der Waals surface area (Å²) in [6.07, 6.45) is 0. The molecule has 19 heavy (non-hydrogen) atoms. The third-order valence-corrected chi connectivity index (χ3v) is 3.95. The molecule has 1 aliphatic rings. The Morgan fingerprint density at radius 3 is 2.68 bits per heavy atom. The van der Waals surface area contributed by atoms with Crippen molar-refractivity contribution in [2.75, 3.05) is 24.5 Å². The fourth-order valence-corrected chi connectivity index (χ4v) is 2.49. The minimum Gasteiger partial charge on any atom is -0.481 e. The van der Waals surface area contributed by atoms with Gasteiger partial charge in [0.25, 0.3) is 0 Å². The summed E-state index contributed by atoms with van der Waals surface area (Å²) in [6.45, 7) is 8.23. The second-order valence-corrected chi connectivity index (χ2v) is 5.46. The zero-order valence-electron chi connectivity index (χ0n) is 11.8. The summed E-state index contributed by atoms with van der Waals surface area (Å²) >= 11 is 0. The Morgan fingerprint density at radius 1 is 1.32 bits per heavy atom. The molecule has 4 nitrogen and oxygen atoms in total. The fraction of sp³-hybridized carbons (Fsp3) is 0.533. The Balaban J connectivity index is 2.28. The predicted octanol–water partition coefficient (Wildman–Crippen LogP) is 1.80.